The molecule has 0 rings (SSSR count). The van der Waals surface area contributed by atoms with Crippen molar-refractivity contribution in [2.24, 2.45) is 5.92 Å². The van der Waals surface area contributed by atoms with Crippen molar-refractivity contribution in [1.82, 2.24) is 0 Å². The van der Waals surface area contributed by atoms with Gasteiger partial charge in [-0.3, -0.25) is 0 Å². The van der Waals surface area contributed by atoms with E-state index >= 15 is 0 Å². The highest BCUT2D eigenvalue weighted by Gasteiger charge is 2.20. The van der Waals surface area contributed by atoms with Crippen LogP contribution in [0.3, 0.4) is 0 Å². The maximum absolute atomic E-state index is 8.98. The van der Waals surface area contributed by atoms with Gasteiger partial charge in [-0.1, -0.05) is 6.92 Å². The molecule has 0 spiro atoms. The molecule has 2 heteroatoms. The van der Waals surface area contributed by atoms with Crippen molar-refractivity contribution in [2.75, 3.05) is 0 Å². The minimum absolute atomic E-state index is 0.0648. The summed E-state index contributed by atoms with van der Waals surface area (Å²) < 4.78 is 0. The van der Waals surface area contributed by atoms with Gasteiger partial charge in [0.1, 0.15) is 0 Å². The maximum Gasteiger partial charge on any atom is 0.225 e. The summed E-state index contributed by atoms with van der Waals surface area (Å²) in [5.41, 5.74) is 0. The van der Waals surface area contributed by atoms with E-state index in [0.717, 1.165) is 0 Å². The molecule has 0 aliphatic heterocycles. The lowest BCUT2D eigenvalue weighted by Gasteiger charge is -2.12. The standard InChI is InChI=1S/C7H13NO/c1-5(7(3)9)6(2)8-4/h5-7,9H,1-3H3/t5-,6?,7+/m1/s1. The Bertz CT molecular complexity index is 115. The number of rotatable bonds is 2. The topological polar surface area (TPSA) is 24.6 Å². The fraction of sp³-hybridized carbons (Fsp3) is 0.857. The molecule has 0 heterocycles. The molecule has 0 aromatic heterocycles. The van der Waals surface area contributed by atoms with Crippen LogP contribution in [-0.2, 0) is 0 Å². The van der Waals surface area contributed by atoms with Gasteiger partial charge in [0, 0.05) is 6.92 Å². The largest absolute Gasteiger partial charge is 0.393 e. The Labute approximate surface area is 56.3 Å². The molecule has 0 aliphatic carbocycles. The highest BCUT2D eigenvalue weighted by molar-refractivity contribution is 4.81. The Morgan fingerprint density at radius 1 is 1.33 bits per heavy atom. The molecule has 0 bridgehead atoms. The second kappa shape index (κ2) is 3.47. The van der Waals surface area contributed by atoms with Crippen LogP contribution in [0.1, 0.15) is 20.8 Å². The lowest BCUT2D eigenvalue weighted by molar-refractivity contribution is 0.129. The van der Waals surface area contributed by atoms with Crippen LogP contribution in [0.4, 0.5) is 0 Å². The van der Waals surface area contributed by atoms with Crippen molar-refractivity contribution in [3.8, 4) is 0 Å². The first-order valence-electron chi connectivity index (χ1n) is 3.14. The van der Waals surface area contributed by atoms with E-state index in [4.69, 9.17) is 11.7 Å². The van der Waals surface area contributed by atoms with Gasteiger partial charge in [0.15, 0.2) is 0 Å². The van der Waals surface area contributed by atoms with E-state index in [-0.39, 0.29) is 18.1 Å². The molecule has 0 aliphatic rings. The molecular weight excluding hydrogens is 114 g/mol. The highest BCUT2D eigenvalue weighted by atomic mass is 16.3. The number of hydrogen-bond acceptors (Lipinski definition) is 1. The summed E-state index contributed by atoms with van der Waals surface area (Å²) in [7, 11) is 0. The molecule has 0 radical (unpaired) electrons. The van der Waals surface area contributed by atoms with Crippen molar-refractivity contribution < 1.29 is 5.11 Å². The zero-order valence-corrected chi connectivity index (χ0v) is 6.13. The Kier molecular flexibility index (Phi) is 3.26. The van der Waals surface area contributed by atoms with Crippen molar-refractivity contribution in [3.05, 3.63) is 11.4 Å². The molecular formula is C7H13NO. The molecule has 1 N–H and O–H groups in total. The quantitative estimate of drug-likeness (QED) is 0.556. The third kappa shape index (κ3) is 2.48. The van der Waals surface area contributed by atoms with E-state index in [1.807, 2.05) is 13.8 Å². The van der Waals surface area contributed by atoms with Gasteiger partial charge in [-0.15, -0.1) is 0 Å². The zero-order chi connectivity index (χ0) is 7.44. The van der Waals surface area contributed by atoms with Crippen molar-refractivity contribution >= 4 is 0 Å². The fourth-order valence-electron chi connectivity index (χ4n) is 0.521. The van der Waals surface area contributed by atoms with Crippen LogP contribution >= 0.6 is 0 Å². The molecule has 9 heavy (non-hydrogen) atoms. The molecule has 52 valence electrons. The summed E-state index contributed by atoms with van der Waals surface area (Å²) in [5, 5.41) is 8.98. The number of aliphatic hydroxyl groups is 1. The summed E-state index contributed by atoms with van der Waals surface area (Å²) in [6.45, 7) is 12.1. The monoisotopic (exact) mass is 127 g/mol. The molecule has 0 aromatic carbocycles. The second-order valence-corrected chi connectivity index (χ2v) is 2.47. The normalized spacial score (nSPS) is 19.9. The molecule has 3 atom stereocenters. The van der Waals surface area contributed by atoms with Gasteiger partial charge in [-0.25, -0.2) is 6.57 Å². The Morgan fingerprint density at radius 2 is 1.78 bits per heavy atom. The SMILES string of the molecule is [C-]#[N+]C(C)[C@@H](C)[C@H](C)O. The predicted molar refractivity (Wildman–Crippen MR) is 36.9 cm³/mol. The number of hydrogen-bond donors (Lipinski definition) is 1. The van der Waals surface area contributed by atoms with E-state index < -0.39 is 0 Å². The minimum Gasteiger partial charge on any atom is -0.393 e. The predicted octanol–water partition coefficient (Wildman–Crippen LogP) is 1.31. The number of aliphatic hydroxyl groups excluding tert-OH is 1. The summed E-state index contributed by atoms with van der Waals surface area (Å²) >= 11 is 0. The molecule has 0 saturated heterocycles. The molecule has 0 amide bonds. The van der Waals surface area contributed by atoms with Gasteiger partial charge in [0.25, 0.3) is 0 Å². The van der Waals surface area contributed by atoms with Gasteiger partial charge < -0.3 is 9.95 Å². The van der Waals surface area contributed by atoms with Gasteiger partial charge in [-0.05, 0) is 6.92 Å². The van der Waals surface area contributed by atoms with Crippen molar-refractivity contribution in [2.45, 2.75) is 32.9 Å². The van der Waals surface area contributed by atoms with Crippen molar-refractivity contribution in [3.63, 3.8) is 0 Å². The van der Waals surface area contributed by atoms with E-state index in [1.54, 1.807) is 6.92 Å². The van der Waals surface area contributed by atoms with E-state index in [1.165, 1.54) is 0 Å². The highest BCUT2D eigenvalue weighted by Crippen LogP contribution is 2.10. The summed E-state index contributed by atoms with van der Waals surface area (Å²) in [4.78, 5) is 3.30. The lowest BCUT2D eigenvalue weighted by atomic mass is 9.99. The Hall–Kier alpha value is -0.550. The summed E-state index contributed by atoms with van der Waals surface area (Å²) in [5.74, 6) is 0.0856. The van der Waals surface area contributed by atoms with Gasteiger partial charge in [0.2, 0.25) is 6.04 Å². The average Bonchev–Trinajstić information content (AvgIpc) is 1.84. The molecule has 1 unspecified atom stereocenters. The third-order valence-electron chi connectivity index (χ3n) is 1.73. The first-order valence-corrected chi connectivity index (χ1v) is 3.14. The van der Waals surface area contributed by atoms with Crippen LogP contribution in [0.15, 0.2) is 0 Å². The third-order valence-corrected chi connectivity index (χ3v) is 1.73. The molecule has 2 nitrogen and oxygen atoms in total. The zero-order valence-electron chi connectivity index (χ0n) is 6.13. The first kappa shape index (κ1) is 8.45. The van der Waals surface area contributed by atoms with Crippen molar-refractivity contribution in [1.29, 1.82) is 0 Å². The molecule has 0 aromatic rings. The number of nitrogens with zero attached hydrogens (tertiary/aromatic N) is 1. The van der Waals surface area contributed by atoms with E-state index in [2.05, 4.69) is 4.85 Å². The van der Waals surface area contributed by atoms with Crippen LogP contribution < -0.4 is 0 Å². The first-order chi connectivity index (χ1) is 4.09. The van der Waals surface area contributed by atoms with Crippen LogP contribution in [-0.4, -0.2) is 17.3 Å². The second-order valence-electron chi connectivity index (χ2n) is 2.47. The molecule has 0 fully saturated rings. The van der Waals surface area contributed by atoms with E-state index in [9.17, 15) is 0 Å². The van der Waals surface area contributed by atoms with Crippen LogP contribution in [0, 0.1) is 12.5 Å². The average molecular weight is 127 g/mol. The van der Waals surface area contributed by atoms with Gasteiger partial charge in [0.05, 0.1) is 12.0 Å². The van der Waals surface area contributed by atoms with E-state index in [0.29, 0.717) is 0 Å². The summed E-state index contributed by atoms with van der Waals surface area (Å²) in [6.07, 6.45) is -0.367. The molecule has 0 saturated carbocycles. The Morgan fingerprint density at radius 3 is 1.89 bits per heavy atom. The lowest BCUT2D eigenvalue weighted by Crippen LogP contribution is -2.22. The van der Waals surface area contributed by atoms with Crippen LogP contribution in [0.5, 0.6) is 0 Å². The summed E-state index contributed by atoms with van der Waals surface area (Å²) in [6, 6.07) is -0.0648. The Balaban J connectivity index is 3.76. The van der Waals surface area contributed by atoms with Crippen LogP contribution in [0.25, 0.3) is 4.85 Å². The van der Waals surface area contributed by atoms with Crippen LogP contribution in [0.2, 0.25) is 0 Å². The maximum atomic E-state index is 8.98. The minimum atomic E-state index is -0.367. The fourth-order valence-corrected chi connectivity index (χ4v) is 0.521. The smallest absolute Gasteiger partial charge is 0.225 e. The van der Waals surface area contributed by atoms with Gasteiger partial charge >= 0.3 is 0 Å². The van der Waals surface area contributed by atoms with Gasteiger partial charge in [-0.2, -0.15) is 0 Å².